The average Bonchev–Trinajstić information content (AvgIpc) is 2.76. The first kappa shape index (κ1) is 19.2. The number of carbonyl (C=O) groups is 1. The van der Waals surface area contributed by atoms with Crippen LogP contribution in [0.25, 0.3) is 11.1 Å². The Morgan fingerprint density at radius 1 is 1.26 bits per heavy atom. The molecule has 0 heterocycles. The molecule has 2 N–H and O–H groups in total. The highest BCUT2D eigenvalue weighted by Crippen LogP contribution is 2.47. The molecule has 5 heteroatoms. The maximum atomic E-state index is 15.0. The minimum atomic E-state index is -1.10. The van der Waals surface area contributed by atoms with Crippen LogP contribution in [0, 0.1) is 18.2 Å². The van der Waals surface area contributed by atoms with E-state index in [1.807, 2.05) is 58.9 Å². The van der Waals surface area contributed by atoms with Gasteiger partial charge in [0.05, 0.1) is 12.1 Å². The summed E-state index contributed by atoms with van der Waals surface area (Å²) < 4.78 is 20.7. The Kier molecular flexibility index (Phi) is 4.89. The molecule has 0 fully saturated rings. The minimum Gasteiger partial charge on any atom is -0.491 e. The summed E-state index contributed by atoms with van der Waals surface area (Å²) in [5, 5.41) is 11.7. The molecule has 0 spiro atoms. The van der Waals surface area contributed by atoms with E-state index in [2.05, 4.69) is 5.32 Å². The smallest absolute Gasteiger partial charge is 0.405 e. The van der Waals surface area contributed by atoms with Gasteiger partial charge in [0, 0.05) is 5.56 Å². The topological polar surface area (TPSA) is 58.6 Å². The van der Waals surface area contributed by atoms with Crippen LogP contribution in [0.5, 0.6) is 5.75 Å². The summed E-state index contributed by atoms with van der Waals surface area (Å²) in [6.45, 7) is 9.86. The molecule has 1 amide bonds. The minimum absolute atomic E-state index is 0.0767. The number of halogens is 1. The van der Waals surface area contributed by atoms with E-state index in [-0.39, 0.29) is 17.3 Å². The van der Waals surface area contributed by atoms with Gasteiger partial charge in [-0.2, -0.15) is 0 Å². The molecular weight excluding hydrogens is 345 g/mol. The molecule has 0 saturated heterocycles. The highest BCUT2D eigenvalue weighted by molar-refractivity contribution is 5.71. The Morgan fingerprint density at radius 2 is 1.96 bits per heavy atom. The number of nitrogens with one attached hydrogen (secondary N) is 1. The number of ether oxygens (including phenoxy) is 1. The lowest BCUT2D eigenvalue weighted by atomic mass is 9.85. The molecule has 0 aromatic heterocycles. The Labute approximate surface area is 159 Å². The molecule has 0 radical (unpaired) electrons. The van der Waals surface area contributed by atoms with Crippen LogP contribution in [0.1, 0.15) is 50.4 Å². The highest BCUT2D eigenvalue weighted by Gasteiger charge is 2.40. The van der Waals surface area contributed by atoms with Crippen molar-refractivity contribution < 1.29 is 19.0 Å². The highest BCUT2D eigenvalue weighted by atomic mass is 19.1. The van der Waals surface area contributed by atoms with Crippen LogP contribution in [0.4, 0.5) is 9.18 Å². The molecule has 0 saturated carbocycles. The van der Waals surface area contributed by atoms with Gasteiger partial charge in [-0.05, 0) is 79.1 Å². The van der Waals surface area contributed by atoms with Crippen molar-refractivity contribution in [2.24, 2.45) is 5.41 Å². The van der Waals surface area contributed by atoms with Gasteiger partial charge in [-0.3, -0.25) is 0 Å². The van der Waals surface area contributed by atoms with Gasteiger partial charge in [0.2, 0.25) is 0 Å². The van der Waals surface area contributed by atoms with Gasteiger partial charge < -0.3 is 15.2 Å². The number of benzene rings is 2. The molecule has 1 atom stereocenters. The number of carboxylic acid groups (broad SMARTS) is 1. The lowest BCUT2D eigenvalue weighted by molar-refractivity contribution is 0.175. The second-order valence-electron chi connectivity index (χ2n) is 8.22. The van der Waals surface area contributed by atoms with Crippen LogP contribution in [0.15, 0.2) is 30.3 Å². The normalized spacial score (nSPS) is 17.7. The average molecular weight is 371 g/mol. The van der Waals surface area contributed by atoms with Crippen molar-refractivity contribution >= 4 is 6.09 Å². The molecule has 2 aromatic rings. The molecule has 4 nitrogen and oxygen atoms in total. The van der Waals surface area contributed by atoms with E-state index >= 15 is 0 Å². The summed E-state index contributed by atoms with van der Waals surface area (Å²) in [5.41, 5.74) is 3.69. The molecule has 144 valence electrons. The van der Waals surface area contributed by atoms with E-state index in [4.69, 9.17) is 9.84 Å². The Hall–Kier alpha value is -2.56. The zero-order valence-corrected chi connectivity index (χ0v) is 16.4. The van der Waals surface area contributed by atoms with E-state index in [0.717, 1.165) is 28.0 Å². The SMILES string of the molecule is Cc1cc(OC(C)C)ccc1-c1cc2c(cc1F)[C@H](NC(=O)O)C(C)(C)C2. The maximum Gasteiger partial charge on any atom is 0.405 e. The monoisotopic (exact) mass is 371 g/mol. The molecule has 3 rings (SSSR count). The lowest BCUT2D eigenvalue weighted by Gasteiger charge is -2.27. The van der Waals surface area contributed by atoms with Crippen LogP contribution in [-0.4, -0.2) is 17.3 Å². The third kappa shape index (κ3) is 3.77. The Bertz CT molecular complexity index is 889. The fourth-order valence-electron chi connectivity index (χ4n) is 3.96. The molecule has 1 aliphatic carbocycles. The van der Waals surface area contributed by atoms with Gasteiger partial charge in [-0.25, -0.2) is 9.18 Å². The predicted molar refractivity (Wildman–Crippen MR) is 104 cm³/mol. The number of amides is 1. The van der Waals surface area contributed by atoms with Crippen molar-refractivity contribution in [3.63, 3.8) is 0 Å². The first-order valence-corrected chi connectivity index (χ1v) is 9.18. The summed E-state index contributed by atoms with van der Waals surface area (Å²) in [7, 11) is 0. The fraction of sp³-hybridized carbons (Fsp3) is 0.409. The lowest BCUT2D eigenvalue weighted by Crippen LogP contribution is -2.34. The third-order valence-electron chi connectivity index (χ3n) is 5.10. The molecule has 0 aliphatic heterocycles. The van der Waals surface area contributed by atoms with Gasteiger partial charge in [-0.15, -0.1) is 0 Å². The van der Waals surface area contributed by atoms with Crippen molar-refractivity contribution in [1.82, 2.24) is 5.32 Å². The molecule has 0 unspecified atom stereocenters. The summed E-state index contributed by atoms with van der Waals surface area (Å²) in [4.78, 5) is 11.2. The summed E-state index contributed by atoms with van der Waals surface area (Å²) in [5.74, 6) is 0.420. The van der Waals surface area contributed by atoms with Gasteiger partial charge in [-0.1, -0.05) is 19.9 Å². The standard InChI is InChI=1S/C22H26FNO3/c1-12(2)27-15-6-7-16(13(3)8-15)18-9-14-11-22(4,5)20(24-21(25)26)17(14)10-19(18)23/h6-10,12,20,24H,11H2,1-5H3,(H,25,26)/t20-/m0/s1. The van der Waals surface area contributed by atoms with E-state index in [1.54, 1.807) is 0 Å². The number of hydrogen-bond donors (Lipinski definition) is 2. The maximum absolute atomic E-state index is 15.0. The van der Waals surface area contributed by atoms with E-state index in [1.165, 1.54) is 6.07 Å². The van der Waals surface area contributed by atoms with Gasteiger partial charge in [0.25, 0.3) is 0 Å². The van der Waals surface area contributed by atoms with Crippen molar-refractivity contribution in [3.05, 3.63) is 52.8 Å². The third-order valence-corrected chi connectivity index (χ3v) is 5.10. The van der Waals surface area contributed by atoms with Crippen molar-refractivity contribution in [3.8, 4) is 16.9 Å². The molecule has 2 aromatic carbocycles. The van der Waals surface area contributed by atoms with Gasteiger partial charge in [0.1, 0.15) is 11.6 Å². The van der Waals surface area contributed by atoms with Crippen LogP contribution in [0.2, 0.25) is 0 Å². The fourth-order valence-corrected chi connectivity index (χ4v) is 3.96. The number of hydrogen-bond acceptors (Lipinski definition) is 2. The second kappa shape index (κ2) is 6.87. The first-order valence-electron chi connectivity index (χ1n) is 9.18. The summed E-state index contributed by atoms with van der Waals surface area (Å²) in [6.07, 6.45) is -0.330. The Morgan fingerprint density at radius 3 is 2.56 bits per heavy atom. The predicted octanol–water partition coefficient (Wildman–Crippen LogP) is 5.48. The van der Waals surface area contributed by atoms with Crippen molar-refractivity contribution in [1.29, 1.82) is 0 Å². The molecule has 1 aliphatic rings. The second-order valence-corrected chi connectivity index (χ2v) is 8.22. The summed E-state index contributed by atoms with van der Waals surface area (Å²) >= 11 is 0. The van der Waals surface area contributed by atoms with E-state index < -0.39 is 12.1 Å². The zero-order valence-electron chi connectivity index (χ0n) is 16.4. The molecular formula is C22H26FNO3. The van der Waals surface area contributed by atoms with E-state index in [0.29, 0.717) is 12.0 Å². The molecule has 0 bridgehead atoms. The van der Waals surface area contributed by atoms with Crippen LogP contribution in [0.3, 0.4) is 0 Å². The van der Waals surface area contributed by atoms with Crippen LogP contribution >= 0.6 is 0 Å². The van der Waals surface area contributed by atoms with Gasteiger partial charge >= 0.3 is 6.09 Å². The first-order chi connectivity index (χ1) is 12.6. The van der Waals surface area contributed by atoms with Crippen LogP contribution < -0.4 is 10.1 Å². The number of fused-ring (bicyclic) bond motifs is 1. The number of rotatable bonds is 4. The molecule has 27 heavy (non-hydrogen) atoms. The van der Waals surface area contributed by atoms with Crippen LogP contribution in [-0.2, 0) is 6.42 Å². The van der Waals surface area contributed by atoms with Crippen molar-refractivity contribution in [2.75, 3.05) is 0 Å². The largest absolute Gasteiger partial charge is 0.491 e. The quantitative estimate of drug-likeness (QED) is 0.748. The number of aryl methyl sites for hydroxylation is 1. The summed E-state index contributed by atoms with van der Waals surface area (Å²) in [6, 6.07) is 8.58. The Balaban J connectivity index is 2.02. The van der Waals surface area contributed by atoms with Gasteiger partial charge in [0.15, 0.2) is 0 Å². The zero-order chi connectivity index (χ0) is 19.9. The van der Waals surface area contributed by atoms with E-state index in [9.17, 15) is 9.18 Å². The van der Waals surface area contributed by atoms with Crippen molar-refractivity contribution in [2.45, 2.75) is 53.2 Å².